The van der Waals surface area contributed by atoms with Gasteiger partial charge in [-0.2, -0.15) is 0 Å². The quantitative estimate of drug-likeness (QED) is 0.362. The van der Waals surface area contributed by atoms with Crippen LogP contribution in [0.15, 0.2) is 54.7 Å². The van der Waals surface area contributed by atoms with Gasteiger partial charge >= 0.3 is 12.2 Å². The number of ketones is 1. The number of alkyl carbamates (subject to hydrolysis) is 1. The van der Waals surface area contributed by atoms with E-state index in [2.05, 4.69) is 10.3 Å². The summed E-state index contributed by atoms with van der Waals surface area (Å²) in [5.41, 5.74) is 1.39. The van der Waals surface area contributed by atoms with Crippen molar-refractivity contribution in [1.29, 1.82) is 0 Å². The summed E-state index contributed by atoms with van der Waals surface area (Å²) < 4.78 is 25.3. The Morgan fingerprint density at radius 2 is 1.78 bits per heavy atom. The van der Waals surface area contributed by atoms with E-state index in [1.807, 2.05) is 30.3 Å². The fourth-order valence-electron chi connectivity index (χ4n) is 7.34. The molecule has 6 rings (SSSR count). The Bertz CT molecular complexity index is 1610. The number of carbonyl (C=O) groups is 4. The minimum absolute atomic E-state index is 0.0327. The molecule has 0 spiro atoms. The average molecular weight is 633 g/mol. The third-order valence-electron chi connectivity index (χ3n) is 9.34. The van der Waals surface area contributed by atoms with Crippen LogP contribution in [0, 0.1) is 11.7 Å². The number of H-pyrrole nitrogens is 1. The second kappa shape index (κ2) is 12.8. The van der Waals surface area contributed by atoms with Crippen LogP contribution in [0.5, 0.6) is 0 Å². The van der Waals surface area contributed by atoms with Crippen LogP contribution in [0.3, 0.4) is 0 Å². The number of halogens is 1. The van der Waals surface area contributed by atoms with Crippen molar-refractivity contribution in [3.8, 4) is 0 Å². The van der Waals surface area contributed by atoms with Crippen molar-refractivity contribution in [3.63, 3.8) is 0 Å². The lowest BCUT2D eigenvalue weighted by molar-refractivity contribution is -0.137. The summed E-state index contributed by atoms with van der Waals surface area (Å²) in [5.74, 6) is -1.63. The number of benzene rings is 2. The molecule has 3 fully saturated rings. The van der Waals surface area contributed by atoms with Crippen LogP contribution in [0.2, 0.25) is 0 Å². The molecule has 10 nitrogen and oxygen atoms in total. The molecule has 1 aliphatic carbocycles. The molecule has 0 radical (unpaired) electrons. The van der Waals surface area contributed by atoms with Gasteiger partial charge in [0, 0.05) is 29.6 Å². The number of likely N-dealkylation sites (tertiary alicyclic amines) is 2. The Morgan fingerprint density at radius 3 is 2.50 bits per heavy atom. The third-order valence-corrected chi connectivity index (χ3v) is 9.34. The van der Waals surface area contributed by atoms with Crippen LogP contribution >= 0.6 is 0 Å². The van der Waals surface area contributed by atoms with E-state index in [1.54, 1.807) is 37.9 Å². The number of ether oxygens (including phenoxy) is 2. The molecule has 2 aromatic carbocycles. The van der Waals surface area contributed by atoms with Gasteiger partial charge in [-0.1, -0.05) is 49.6 Å². The van der Waals surface area contributed by atoms with Crippen LogP contribution in [-0.4, -0.2) is 75.5 Å². The van der Waals surface area contributed by atoms with E-state index in [9.17, 15) is 23.6 Å². The first-order valence-electron chi connectivity index (χ1n) is 16.1. The van der Waals surface area contributed by atoms with Crippen molar-refractivity contribution in [2.24, 2.45) is 5.92 Å². The lowest BCUT2D eigenvalue weighted by Gasteiger charge is -2.36. The highest BCUT2D eigenvalue weighted by molar-refractivity contribution is 5.99. The van der Waals surface area contributed by atoms with Gasteiger partial charge in [0.25, 0.3) is 0 Å². The minimum Gasteiger partial charge on any atom is -0.445 e. The number of nitrogens with one attached hydrogen (secondary N) is 2. The third kappa shape index (κ3) is 6.45. The Labute approximate surface area is 267 Å². The summed E-state index contributed by atoms with van der Waals surface area (Å²) in [6, 6.07) is 11.2. The predicted octanol–water partition coefficient (Wildman–Crippen LogP) is 5.67. The molecule has 3 unspecified atom stereocenters. The van der Waals surface area contributed by atoms with Gasteiger partial charge in [-0.05, 0) is 68.9 Å². The number of nitrogens with zero attached hydrogens (tertiary/aromatic N) is 2. The first-order valence-corrected chi connectivity index (χ1v) is 16.1. The topological polar surface area (TPSA) is 121 Å². The molecule has 1 saturated carbocycles. The highest BCUT2D eigenvalue weighted by Gasteiger charge is 2.58. The lowest BCUT2D eigenvalue weighted by Crippen LogP contribution is -2.55. The molecule has 4 atom stereocenters. The number of hydrogen-bond acceptors (Lipinski definition) is 6. The average Bonchev–Trinajstić information content (AvgIpc) is 3.72. The number of carbonyl (C=O) groups excluding carboxylic acids is 4. The van der Waals surface area contributed by atoms with Crippen LogP contribution in [-0.2, 0) is 25.7 Å². The molecule has 244 valence electrons. The Hall–Kier alpha value is -4.41. The van der Waals surface area contributed by atoms with E-state index in [4.69, 9.17) is 9.47 Å². The number of fused-ring (bicyclic) bond motifs is 2. The van der Waals surface area contributed by atoms with Crippen LogP contribution in [0.1, 0.15) is 69.9 Å². The smallest absolute Gasteiger partial charge is 0.410 e. The molecule has 2 N–H and O–H groups in total. The Kier molecular flexibility index (Phi) is 8.76. The number of hydrogen-bond donors (Lipinski definition) is 2. The van der Waals surface area contributed by atoms with Gasteiger partial charge < -0.3 is 24.7 Å². The second-order valence-corrected chi connectivity index (χ2v) is 13.6. The SMILES string of the molecule is CC(C)(C)OC(=O)NC(C(=O)N1CC(=O)C2C1[C@@H](c1c[nH]c3cc(F)ccc13)CN2C(=O)OCc1ccccc1)C1CCCCC1. The molecule has 3 amide bonds. The largest absolute Gasteiger partial charge is 0.445 e. The maximum absolute atomic E-state index is 14.6. The van der Waals surface area contributed by atoms with Crippen molar-refractivity contribution in [2.75, 3.05) is 13.1 Å². The monoisotopic (exact) mass is 632 g/mol. The predicted molar refractivity (Wildman–Crippen MR) is 168 cm³/mol. The molecule has 2 saturated heterocycles. The summed E-state index contributed by atoms with van der Waals surface area (Å²) in [6.07, 6.45) is 4.87. The van der Waals surface area contributed by atoms with Crippen molar-refractivity contribution < 1.29 is 33.0 Å². The fourth-order valence-corrected chi connectivity index (χ4v) is 7.34. The molecular weight excluding hydrogens is 591 g/mol. The maximum atomic E-state index is 14.6. The molecular formula is C35H41FN4O6. The van der Waals surface area contributed by atoms with Crippen molar-refractivity contribution in [1.82, 2.24) is 20.1 Å². The van der Waals surface area contributed by atoms with E-state index in [-0.39, 0.29) is 37.3 Å². The van der Waals surface area contributed by atoms with Gasteiger partial charge in [-0.15, -0.1) is 0 Å². The molecule has 3 heterocycles. The summed E-state index contributed by atoms with van der Waals surface area (Å²) in [4.78, 5) is 61.0. The van der Waals surface area contributed by atoms with Gasteiger partial charge in [0.1, 0.15) is 30.1 Å². The lowest BCUT2D eigenvalue weighted by atomic mass is 9.83. The molecule has 3 aliphatic rings. The van der Waals surface area contributed by atoms with Crippen molar-refractivity contribution >= 4 is 34.8 Å². The number of aromatic nitrogens is 1. The van der Waals surface area contributed by atoms with Crippen LogP contribution in [0.25, 0.3) is 10.9 Å². The van der Waals surface area contributed by atoms with Crippen molar-refractivity contribution in [2.45, 2.75) is 89.1 Å². The minimum atomic E-state index is -0.934. The zero-order valence-corrected chi connectivity index (χ0v) is 26.5. The molecule has 0 bridgehead atoms. The van der Waals surface area contributed by atoms with E-state index in [1.165, 1.54) is 17.0 Å². The Balaban J connectivity index is 1.34. The number of amides is 3. The van der Waals surface area contributed by atoms with Gasteiger partial charge in [0.2, 0.25) is 5.91 Å². The second-order valence-electron chi connectivity index (χ2n) is 13.6. The summed E-state index contributed by atoms with van der Waals surface area (Å²) in [5, 5.41) is 3.60. The first-order chi connectivity index (χ1) is 22.0. The molecule has 11 heteroatoms. The van der Waals surface area contributed by atoms with Gasteiger partial charge in [-0.3, -0.25) is 14.5 Å². The zero-order chi connectivity index (χ0) is 32.6. The van der Waals surface area contributed by atoms with Gasteiger partial charge in [-0.25, -0.2) is 14.0 Å². The van der Waals surface area contributed by atoms with Gasteiger partial charge in [0.15, 0.2) is 5.78 Å². The highest BCUT2D eigenvalue weighted by atomic mass is 19.1. The molecule has 1 aromatic heterocycles. The van der Waals surface area contributed by atoms with Crippen LogP contribution < -0.4 is 5.32 Å². The van der Waals surface area contributed by atoms with E-state index >= 15 is 0 Å². The first kappa shape index (κ1) is 31.6. The molecule has 2 aliphatic heterocycles. The Morgan fingerprint density at radius 1 is 1.04 bits per heavy atom. The zero-order valence-electron chi connectivity index (χ0n) is 26.5. The van der Waals surface area contributed by atoms with E-state index < -0.39 is 47.6 Å². The van der Waals surface area contributed by atoms with E-state index in [0.717, 1.165) is 48.6 Å². The number of rotatable bonds is 6. The van der Waals surface area contributed by atoms with Crippen molar-refractivity contribution in [3.05, 3.63) is 71.7 Å². The van der Waals surface area contributed by atoms with Crippen LogP contribution in [0.4, 0.5) is 14.0 Å². The molecule has 3 aromatic rings. The van der Waals surface area contributed by atoms with E-state index in [0.29, 0.717) is 5.52 Å². The maximum Gasteiger partial charge on any atom is 0.410 e. The summed E-state index contributed by atoms with van der Waals surface area (Å²) >= 11 is 0. The normalized spacial score (nSPS) is 22.5. The van der Waals surface area contributed by atoms with Gasteiger partial charge in [0.05, 0.1) is 12.6 Å². The standard InChI is InChI=1S/C35H41FN4O6/c1-35(2,3)46-33(43)38-29(22-12-8-5-9-13-22)32(42)39-19-28(41)31-30(39)26(25-17-37-27-16-23(36)14-15-24(25)27)18-40(31)34(44)45-20-21-10-6-4-7-11-21/h4,6-7,10-11,14-17,22,26,29-31,37H,5,8-9,12-13,18-20H2,1-3H3,(H,38,43)/t26-,29?,30?,31?/m1/s1. The summed E-state index contributed by atoms with van der Waals surface area (Å²) in [7, 11) is 0. The number of Topliss-reactive ketones (excluding diaryl/α,β-unsaturated/α-hetero) is 1. The highest BCUT2D eigenvalue weighted by Crippen LogP contribution is 2.43. The fraction of sp³-hybridized carbons (Fsp3) is 0.486. The number of aromatic amines is 1. The molecule has 46 heavy (non-hydrogen) atoms. The summed E-state index contributed by atoms with van der Waals surface area (Å²) in [6.45, 7) is 5.23.